The van der Waals surface area contributed by atoms with E-state index in [1.807, 2.05) is 25.1 Å². The summed E-state index contributed by atoms with van der Waals surface area (Å²) in [6, 6.07) is 18.0. The van der Waals surface area contributed by atoms with Crippen molar-refractivity contribution in [3.05, 3.63) is 88.9 Å². The maximum Gasteiger partial charge on any atom is 0.271 e. The Morgan fingerprint density at radius 2 is 1.89 bits per heavy atom. The van der Waals surface area contributed by atoms with Crippen molar-refractivity contribution in [2.45, 2.75) is 19.9 Å². The Hall–Kier alpha value is -3.28. The van der Waals surface area contributed by atoms with Crippen LogP contribution in [0.1, 0.15) is 27.2 Å². The number of nitrogens with zero attached hydrogens (tertiary/aromatic N) is 2. The smallest absolute Gasteiger partial charge is 0.271 e. The van der Waals surface area contributed by atoms with Crippen molar-refractivity contribution < 1.29 is 9.18 Å². The highest BCUT2D eigenvalue weighted by Crippen LogP contribution is 2.09. The van der Waals surface area contributed by atoms with E-state index in [0.717, 1.165) is 5.56 Å². The van der Waals surface area contributed by atoms with Crippen LogP contribution < -0.4 is 10.6 Å². The number of amides is 1. The van der Waals surface area contributed by atoms with Gasteiger partial charge in [-0.1, -0.05) is 48.0 Å². The SMILES string of the molecule is Cc1cccc(CNc2ccc(C(=O)NCCc3ccccc3F)nn2)c1. The minimum absolute atomic E-state index is 0.227. The minimum atomic E-state index is -0.330. The van der Waals surface area contributed by atoms with Crippen LogP contribution in [0.5, 0.6) is 0 Å². The van der Waals surface area contributed by atoms with Crippen LogP contribution in [0, 0.1) is 12.7 Å². The van der Waals surface area contributed by atoms with Gasteiger partial charge in [0.1, 0.15) is 11.6 Å². The monoisotopic (exact) mass is 364 g/mol. The van der Waals surface area contributed by atoms with Crippen LogP contribution in [-0.2, 0) is 13.0 Å². The van der Waals surface area contributed by atoms with Gasteiger partial charge in [0.15, 0.2) is 5.69 Å². The first-order chi connectivity index (χ1) is 13.1. The number of carbonyl (C=O) groups excluding carboxylic acids is 1. The molecule has 6 heteroatoms. The molecule has 0 saturated carbocycles. The van der Waals surface area contributed by atoms with Crippen molar-refractivity contribution in [2.75, 3.05) is 11.9 Å². The molecule has 27 heavy (non-hydrogen) atoms. The maximum atomic E-state index is 13.6. The van der Waals surface area contributed by atoms with Gasteiger partial charge in [-0.15, -0.1) is 10.2 Å². The molecule has 2 aromatic carbocycles. The highest BCUT2D eigenvalue weighted by Gasteiger charge is 2.08. The molecular formula is C21H21FN4O. The third-order valence-electron chi connectivity index (χ3n) is 4.09. The zero-order chi connectivity index (χ0) is 19.1. The molecular weight excluding hydrogens is 343 g/mol. The largest absolute Gasteiger partial charge is 0.365 e. The van der Waals surface area contributed by atoms with Crippen LogP contribution in [0.4, 0.5) is 10.2 Å². The van der Waals surface area contributed by atoms with Crippen LogP contribution in [0.25, 0.3) is 0 Å². The van der Waals surface area contributed by atoms with Gasteiger partial charge >= 0.3 is 0 Å². The number of hydrogen-bond acceptors (Lipinski definition) is 4. The van der Waals surface area contributed by atoms with Gasteiger partial charge in [-0.2, -0.15) is 0 Å². The lowest BCUT2D eigenvalue weighted by Crippen LogP contribution is -2.27. The lowest BCUT2D eigenvalue weighted by atomic mass is 10.1. The van der Waals surface area contributed by atoms with Gasteiger partial charge in [0, 0.05) is 13.1 Å². The number of carbonyl (C=O) groups is 1. The summed E-state index contributed by atoms with van der Waals surface area (Å²) in [6.45, 7) is 3.00. The third kappa shape index (κ3) is 5.34. The topological polar surface area (TPSA) is 66.9 Å². The summed E-state index contributed by atoms with van der Waals surface area (Å²) in [5.74, 6) is -0.000867. The fourth-order valence-corrected chi connectivity index (χ4v) is 2.66. The summed E-state index contributed by atoms with van der Waals surface area (Å²) in [7, 11) is 0. The summed E-state index contributed by atoms with van der Waals surface area (Å²) in [5, 5.41) is 13.9. The molecule has 1 aromatic heterocycles. The third-order valence-corrected chi connectivity index (χ3v) is 4.09. The lowest BCUT2D eigenvalue weighted by Gasteiger charge is -2.07. The molecule has 5 nitrogen and oxygen atoms in total. The Bertz CT molecular complexity index is 912. The van der Waals surface area contributed by atoms with E-state index in [0.29, 0.717) is 30.9 Å². The van der Waals surface area contributed by atoms with Gasteiger partial charge in [0.25, 0.3) is 5.91 Å². The average molecular weight is 364 g/mol. The molecule has 2 N–H and O–H groups in total. The number of aromatic nitrogens is 2. The van der Waals surface area contributed by atoms with Crippen molar-refractivity contribution >= 4 is 11.7 Å². The average Bonchev–Trinajstić information content (AvgIpc) is 2.68. The molecule has 0 unspecified atom stereocenters. The summed E-state index contributed by atoms with van der Waals surface area (Å²) >= 11 is 0. The zero-order valence-corrected chi connectivity index (χ0v) is 15.1. The van der Waals surface area contributed by atoms with Crippen LogP contribution in [0.15, 0.2) is 60.7 Å². The molecule has 1 heterocycles. The minimum Gasteiger partial charge on any atom is -0.365 e. The van der Waals surface area contributed by atoms with Crippen molar-refractivity contribution in [1.82, 2.24) is 15.5 Å². The van der Waals surface area contributed by atoms with E-state index >= 15 is 0 Å². The molecule has 3 aromatic rings. The fraction of sp³-hybridized carbons (Fsp3) is 0.190. The Kier molecular flexibility index (Phi) is 6.10. The van der Waals surface area contributed by atoms with Crippen molar-refractivity contribution in [3.63, 3.8) is 0 Å². The fourth-order valence-electron chi connectivity index (χ4n) is 2.66. The van der Waals surface area contributed by atoms with Gasteiger partial charge < -0.3 is 10.6 Å². The van der Waals surface area contributed by atoms with E-state index < -0.39 is 0 Å². The summed E-state index contributed by atoms with van der Waals surface area (Å²) in [5.41, 5.74) is 3.14. The first-order valence-electron chi connectivity index (χ1n) is 8.76. The number of hydrogen-bond donors (Lipinski definition) is 2. The van der Waals surface area contributed by atoms with Crippen LogP contribution >= 0.6 is 0 Å². The number of anilines is 1. The van der Waals surface area contributed by atoms with E-state index in [2.05, 4.69) is 26.9 Å². The molecule has 0 spiro atoms. The second kappa shape index (κ2) is 8.89. The van der Waals surface area contributed by atoms with Gasteiger partial charge in [0.2, 0.25) is 0 Å². The zero-order valence-electron chi connectivity index (χ0n) is 15.1. The van der Waals surface area contributed by atoms with E-state index in [4.69, 9.17) is 0 Å². The summed E-state index contributed by atoms with van der Waals surface area (Å²) in [6.07, 6.45) is 0.419. The molecule has 1 amide bonds. The molecule has 0 aliphatic rings. The highest BCUT2D eigenvalue weighted by atomic mass is 19.1. The number of rotatable bonds is 7. The quantitative estimate of drug-likeness (QED) is 0.673. The standard InChI is InChI=1S/C21H21FN4O/c1-15-5-4-6-16(13-15)14-24-20-10-9-19(25-26-20)21(27)23-12-11-17-7-2-3-8-18(17)22/h2-10,13H,11-12,14H2,1H3,(H,23,27)(H,24,26). The molecule has 0 fully saturated rings. The van der Waals surface area contributed by atoms with E-state index in [1.165, 1.54) is 11.6 Å². The van der Waals surface area contributed by atoms with E-state index in [9.17, 15) is 9.18 Å². The Balaban J connectivity index is 1.49. The maximum absolute atomic E-state index is 13.6. The van der Waals surface area contributed by atoms with Gasteiger partial charge in [-0.3, -0.25) is 4.79 Å². The Morgan fingerprint density at radius 3 is 2.63 bits per heavy atom. The Morgan fingerprint density at radius 1 is 1.04 bits per heavy atom. The van der Waals surface area contributed by atoms with Gasteiger partial charge in [-0.05, 0) is 42.7 Å². The first-order valence-corrected chi connectivity index (χ1v) is 8.76. The van der Waals surface area contributed by atoms with E-state index in [-0.39, 0.29) is 17.4 Å². The Labute approximate surface area is 157 Å². The van der Waals surface area contributed by atoms with Crippen molar-refractivity contribution in [1.29, 1.82) is 0 Å². The normalized spacial score (nSPS) is 10.4. The molecule has 0 bridgehead atoms. The molecule has 0 atom stereocenters. The number of aryl methyl sites for hydroxylation is 1. The predicted octanol–water partition coefficient (Wildman–Crippen LogP) is 3.51. The summed E-state index contributed by atoms with van der Waals surface area (Å²) in [4.78, 5) is 12.1. The molecule has 0 saturated heterocycles. The molecule has 0 aliphatic carbocycles. The second-order valence-electron chi connectivity index (χ2n) is 6.24. The number of nitrogens with one attached hydrogen (secondary N) is 2. The molecule has 138 valence electrons. The molecule has 0 aliphatic heterocycles. The highest BCUT2D eigenvalue weighted by molar-refractivity contribution is 5.92. The lowest BCUT2D eigenvalue weighted by molar-refractivity contribution is 0.0948. The van der Waals surface area contributed by atoms with E-state index in [1.54, 1.807) is 30.3 Å². The second-order valence-corrected chi connectivity index (χ2v) is 6.24. The van der Waals surface area contributed by atoms with Crippen LogP contribution in [0.2, 0.25) is 0 Å². The van der Waals surface area contributed by atoms with Crippen molar-refractivity contribution in [2.24, 2.45) is 0 Å². The van der Waals surface area contributed by atoms with Crippen LogP contribution in [0.3, 0.4) is 0 Å². The molecule has 3 rings (SSSR count). The number of halogens is 1. The van der Waals surface area contributed by atoms with Crippen LogP contribution in [-0.4, -0.2) is 22.6 Å². The first kappa shape index (κ1) is 18.5. The summed E-state index contributed by atoms with van der Waals surface area (Å²) < 4.78 is 13.6. The van der Waals surface area contributed by atoms with Gasteiger partial charge in [-0.25, -0.2) is 4.39 Å². The van der Waals surface area contributed by atoms with Gasteiger partial charge in [0.05, 0.1) is 0 Å². The predicted molar refractivity (Wildman–Crippen MR) is 103 cm³/mol. The van der Waals surface area contributed by atoms with Crippen molar-refractivity contribution in [3.8, 4) is 0 Å². The number of benzene rings is 2. The molecule has 0 radical (unpaired) electrons.